The van der Waals surface area contributed by atoms with Gasteiger partial charge in [0.05, 0.1) is 12.4 Å². The molecule has 0 aliphatic carbocycles. The highest BCUT2D eigenvalue weighted by molar-refractivity contribution is 6.29. The lowest BCUT2D eigenvalue weighted by Gasteiger charge is -2.11. The number of aromatic nitrogens is 2. The first-order valence-electron chi connectivity index (χ1n) is 5.84. The number of nitrogens with zero attached hydrogens (tertiary/aromatic N) is 2. The third-order valence-corrected chi connectivity index (χ3v) is 2.65. The predicted octanol–water partition coefficient (Wildman–Crippen LogP) is 2.66. The number of carbonyl (C=O) groups excluding carboxylic acids is 1. The Kier molecular flexibility index (Phi) is 4.99. The summed E-state index contributed by atoms with van der Waals surface area (Å²) in [6, 6.07) is 6.18. The van der Waals surface area contributed by atoms with Gasteiger partial charge in [0.2, 0.25) is 0 Å². The van der Waals surface area contributed by atoms with Gasteiger partial charge in [0, 0.05) is 12.1 Å². The largest absolute Gasteiger partial charge is 0.434 e. The second kappa shape index (κ2) is 6.94. The highest BCUT2D eigenvalue weighted by Crippen LogP contribution is 2.20. The Bertz CT molecular complexity index is 640. The molecule has 0 unspecified atom stereocenters. The van der Waals surface area contributed by atoms with Crippen LogP contribution >= 0.6 is 11.6 Å². The monoisotopic (exact) mass is 313 g/mol. The van der Waals surface area contributed by atoms with E-state index >= 15 is 0 Å². The fraction of sp³-hybridized carbons (Fsp3) is 0.154. The molecule has 0 aliphatic rings. The molecule has 110 valence electrons. The van der Waals surface area contributed by atoms with E-state index in [0.717, 1.165) is 0 Å². The molecule has 1 aromatic carbocycles. The van der Waals surface area contributed by atoms with Crippen LogP contribution in [0.2, 0.25) is 5.15 Å². The summed E-state index contributed by atoms with van der Waals surface area (Å²) in [4.78, 5) is 19.4. The summed E-state index contributed by atoms with van der Waals surface area (Å²) in [6.45, 7) is -2.92. The van der Waals surface area contributed by atoms with Crippen molar-refractivity contribution < 1.29 is 18.3 Å². The fourth-order valence-corrected chi connectivity index (χ4v) is 1.73. The Balaban J connectivity index is 2.04. The average Bonchev–Trinajstić information content (AvgIpc) is 2.45. The van der Waals surface area contributed by atoms with Crippen molar-refractivity contribution in [2.75, 3.05) is 0 Å². The van der Waals surface area contributed by atoms with Crippen LogP contribution in [0.5, 0.6) is 5.75 Å². The van der Waals surface area contributed by atoms with Gasteiger partial charge in [-0.25, -0.2) is 4.98 Å². The van der Waals surface area contributed by atoms with Crippen LogP contribution in [-0.2, 0) is 6.54 Å². The minimum atomic E-state index is -2.93. The second-order valence-corrected chi connectivity index (χ2v) is 4.28. The number of benzene rings is 1. The Hall–Kier alpha value is -2.28. The standard InChI is InChI=1S/C13H10ClF2N3O2/c14-11-7-17-6-9(19-11)12(20)18-5-8-3-1-2-4-10(8)21-13(15)16/h1-4,6-7,13H,5H2,(H,18,20). The molecule has 0 radical (unpaired) electrons. The first kappa shape index (κ1) is 15.1. The summed E-state index contributed by atoms with van der Waals surface area (Å²) in [7, 11) is 0. The smallest absolute Gasteiger partial charge is 0.387 e. The van der Waals surface area contributed by atoms with Crippen LogP contribution in [-0.4, -0.2) is 22.5 Å². The molecule has 0 bridgehead atoms. The van der Waals surface area contributed by atoms with E-state index in [9.17, 15) is 13.6 Å². The molecule has 21 heavy (non-hydrogen) atoms. The lowest BCUT2D eigenvalue weighted by molar-refractivity contribution is -0.0504. The summed E-state index contributed by atoms with van der Waals surface area (Å²) in [5.74, 6) is -0.512. The van der Waals surface area contributed by atoms with Gasteiger partial charge < -0.3 is 10.1 Å². The number of ether oxygens (including phenoxy) is 1. The van der Waals surface area contributed by atoms with Crippen molar-refractivity contribution >= 4 is 17.5 Å². The number of para-hydroxylation sites is 1. The molecule has 1 amide bonds. The van der Waals surface area contributed by atoms with Crippen LogP contribution in [0.15, 0.2) is 36.7 Å². The van der Waals surface area contributed by atoms with Crippen molar-refractivity contribution in [2.45, 2.75) is 13.2 Å². The van der Waals surface area contributed by atoms with Crippen LogP contribution in [0.4, 0.5) is 8.78 Å². The molecule has 8 heteroatoms. The van der Waals surface area contributed by atoms with Crippen LogP contribution in [0.1, 0.15) is 16.1 Å². The van der Waals surface area contributed by atoms with E-state index in [0.29, 0.717) is 5.56 Å². The zero-order valence-electron chi connectivity index (χ0n) is 10.6. The highest BCUT2D eigenvalue weighted by Gasteiger charge is 2.12. The Labute approximate surface area is 123 Å². The van der Waals surface area contributed by atoms with Crippen LogP contribution < -0.4 is 10.1 Å². The minimum absolute atomic E-state index is 0.00461. The Morgan fingerprint density at radius 1 is 1.33 bits per heavy atom. The highest BCUT2D eigenvalue weighted by atomic mass is 35.5. The number of hydrogen-bond donors (Lipinski definition) is 1. The van der Waals surface area contributed by atoms with E-state index in [4.69, 9.17) is 11.6 Å². The molecule has 0 aliphatic heterocycles. The van der Waals surface area contributed by atoms with Gasteiger partial charge >= 0.3 is 6.61 Å². The Morgan fingerprint density at radius 3 is 2.81 bits per heavy atom. The normalized spacial score (nSPS) is 10.5. The zero-order valence-corrected chi connectivity index (χ0v) is 11.3. The van der Waals surface area contributed by atoms with Gasteiger partial charge in [-0.2, -0.15) is 8.78 Å². The summed E-state index contributed by atoms with van der Waals surface area (Å²) >= 11 is 5.63. The quantitative estimate of drug-likeness (QED) is 0.921. The molecule has 1 N–H and O–H groups in total. The number of nitrogens with one attached hydrogen (secondary N) is 1. The van der Waals surface area contributed by atoms with E-state index in [-0.39, 0.29) is 23.1 Å². The van der Waals surface area contributed by atoms with Crippen molar-refractivity contribution in [3.8, 4) is 5.75 Å². The number of rotatable bonds is 5. The van der Waals surface area contributed by atoms with Crippen LogP contribution in [0.25, 0.3) is 0 Å². The molecule has 1 heterocycles. The van der Waals surface area contributed by atoms with Gasteiger partial charge in [-0.3, -0.25) is 9.78 Å². The molecule has 2 aromatic rings. The Morgan fingerprint density at radius 2 is 2.10 bits per heavy atom. The summed E-state index contributed by atoms with van der Waals surface area (Å²) in [5, 5.41) is 2.62. The molecule has 0 spiro atoms. The zero-order chi connectivity index (χ0) is 15.2. The van der Waals surface area contributed by atoms with Gasteiger partial charge in [0.15, 0.2) is 0 Å². The molecule has 1 aromatic heterocycles. The average molecular weight is 314 g/mol. The third kappa shape index (κ3) is 4.35. The number of amides is 1. The van der Waals surface area contributed by atoms with Crippen molar-refractivity contribution in [3.05, 3.63) is 53.1 Å². The van der Waals surface area contributed by atoms with Gasteiger partial charge in [0.1, 0.15) is 16.6 Å². The summed E-state index contributed by atoms with van der Waals surface area (Å²) < 4.78 is 28.9. The van der Waals surface area contributed by atoms with E-state index in [1.807, 2.05) is 0 Å². The molecule has 0 atom stereocenters. The van der Waals surface area contributed by atoms with Crippen molar-refractivity contribution in [2.24, 2.45) is 0 Å². The minimum Gasteiger partial charge on any atom is -0.434 e. The molecule has 0 saturated carbocycles. The van der Waals surface area contributed by atoms with Gasteiger partial charge in [-0.15, -0.1) is 0 Å². The molecule has 0 saturated heterocycles. The summed E-state index contributed by atoms with van der Waals surface area (Å²) in [5.41, 5.74) is 0.455. The lowest BCUT2D eigenvalue weighted by Crippen LogP contribution is -2.24. The van der Waals surface area contributed by atoms with Gasteiger partial charge in [-0.05, 0) is 6.07 Å². The summed E-state index contributed by atoms with van der Waals surface area (Å²) in [6.07, 6.45) is 2.55. The van der Waals surface area contributed by atoms with Crippen LogP contribution in [0, 0.1) is 0 Å². The SMILES string of the molecule is O=C(NCc1ccccc1OC(F)F)c1cncc(Cl)n1. The number of halogens is 3. The number of hydrogen-bond acceptors (Lipinski definition) is 4. The molecule has 0 fully saturated rings. The molecular weight excluding hydrogens is 304 g/mol. The number of carbonyl (C=O) groups is 1. The van der Waals surface area contributed by atoms with Crippen molar-refractivity contribution in [1.82, 2.24) is 15.3 Å². The van der Waals surface area contributed by atoms with Crippen molar-refractivity contribution in [3.63, 3.8) is 0 Å². The van der Waals surface area contributed by atoms with E-state index < -0.39 is 12.5 Å². The number of alkyl halides is 2. The van der Waals surface area contributed by atoms with Gasteiger partial charge in [0.25, 0.3) is 5.91 Å². The van der Waals surface area contributed by atoms with E-state index in [1.54, 1.807) is 18.2 Å². The van der Waals surface area contributed by atoms with Gasteiger partial charge in [-0.1, -0.05) is 29.8 Å². The second-order valence-electron chi connectivity index (χ2n) is 3.90. The van der Waals surface area contributed by atoms with Crippen LogP contribution in [0.3, 0.4) is 0 Å². The van der Waals surface area contributed by atoms with E-state index in [1.165, 1.54) is 18.5 Å². The fourth-order valence-electron chi connectivity index (χ4n) is 1.58. The molecule has 2 rings (SSSR count). The maximum atomic E-state index is 12.3. The predicted molar refractivity (Wildman–Crippen MR) is 71.3 cm³/mol. The topological polar surface area (TPSA) is 64.1 Å². The maximum absolute atomic E-state index is 12.3. The van der Waals surface area contributed by atoms with E-state index in [2.05, 4.69) is 20.0 Å². The lowest BCUT2D eigenvalue weighted by atomic mass is 10.2. The third-order valence-electron chi connectivity index (χ3n) is 2.47. The molecule has 5 nitrogen and oxygen atoms in total. The maximum Gasteiger partial charge on any atom is 0.387 e. The molecular formula is C13H10ClF2N3O2. The first-order chi connectivity index (χ1) is 10.1. The van der Waals surface area contributed by atoms with Crippen molar-refractivity contribution in [1.29, 1.82) is 0 Å². The first-order valence-corrected chi connectivity index (χ1v) is 6.22.